The third-order valence-corrected chi connectivity index (χ3v) is 3.56. The minimum absolute atomic E-state index is 0.833. The Hall–Kier alpha value is -1.39. The second-order valence-corrected chi connectivity index (χ2v) is 5.16. The summed E-state index contributed by atoms with van der Waals surface area (Å²) in [6.07, 6.45) is 0.965. The number of para-hydroxylation sites is 1. The average Bonchev–Trinajstić information content (AvgIpc) is 2.81. The van der Waals surface area contributed by atoms with E-state index in [9.17, 15) is 0 Å². The number of aromatic nitrogens is 1. The number of methoxy groups -OCH3 is 1. The van der Waals surface area contributed by atoms with Crippen molar-refractivity contribution < 1.29 is 4.74 Å². The van der Waals surface area contributed by atoms with Crippen molar-refractivity contribution in [2.24, 2.45) is 0 Å². The van der Waals surface area contributed by atoms with Gasteiger partial charge in [-0.2, -0.15) is 0 Å². The van der Waals surface area contributed by atoms with Gasteiger partial charge < -0.3 is 10.1 Å². The Bertz CT molecular complexity index is 496. The smallest absolute Gasteiger partial charge is 0.122 e. The van der Waals surface area contributed by atoms with Gasteiger partial charge in [0.2, 0.25) is 0 Å². The summed E-state index contributed by atoms with van der Waals surface area (Å²) in [4.78, 5) is 4.42. The normalized spacial score (nSPS) is 10.6. The fraction of sp³-hybridized carbons (Fsp3) is 0.357. The van der Waals surface area contributed by atoms with Gasteiger partial charge in [0, 0.05) is 11.9 Å². The highest BCUT2D eigenvalue weighted by molar-refractivity contribution is 7.09. The number of nitrogens with one attached hydrogen (secondary N) is 1. The fourth-order valence-corrected chi connectivity index (χ4v) is 2.45. The molecule has 1 aromatic heterocycles. The highest BCUT2D eigenvalue weighted by Gasteiger charge is 2.01. The molecule has 0 amide bonds. The predicted octanol–water partition coefficient (Wildman–Crippen LogP) is 2.79. The molecular weight excluding hydrogens is 244 g/mol. The van der Waals surface area contributed by atoms with Crippen molar-refractivity contribution in [3.63, 3.8) is 0 Å². The molecule has 0 fully saturated rings. The molecule has 0 aliphatic heterocycles. The molecule has 2 aromatic rings. The summed E-state index contributed by atoms with van der Waals surface area (Å²) in [5, 5.41) is 6.63. The second-order valence-electron chi connectivity index (χ2n) is 4.10. The molecule has 0 spiro atoms. The lowest BCUT2D eigenvalue weighted by Crippen LogP contribution is -2.17. The van der Waals surface area contributed by atoms with Crippen molar-refractivity contribution in [3.8, 4) is 5.75 Å². The number of thiazole rings is 1. The summed E-state index contributed by atoms with van der Waals surface area (Å²) in [5.74, 6) is 0.962. The molecule has 0 aliphatic rings. The molecule has 3 nitrogen and oxygen atoms in total. The lowest BCUT2D eigenvalue weighted by molar-refractivity contribution is 0.409. The standard InChI is InChI=1S/C14H18N2OS/c1-11-16-13(10-18-11)9-15-8-7-12-5-3-4-6-14(12)17-2/h3-6,10,15H,7-9H2,1-2H3. The van der Waals surface area contributed by atoms with Crippen LogP contribution in [0.25, 0.3) is 0 Å². The van der Waals surface area contributed by atoms with Crippen molar-refractivity contribution >= 4 is 11.3 Å². The first kappa shape index (κ1) is 13.1. The molecule has 1 N–H and O–H groups in total. The van der Waals surface area contributed by atoms with E-state index >= 15 is 0 Å². The molecular formula is C14H18N2OS. The van der Waals surface area contributed by atoms with Gasteiger partial charge in [-0.15, -0.1) is 11.3 Å². The zero-order valence-corrected chi connectivity index (χ0v) is 11.6. The molecule has 1 aromatic carbocycles. The van der Waals surface area contributed by atoms with Crippen molar-refractivity contribution in [1.82, 2.24) is 10.3 Å². The molecule has 0 radical (unpaired) electrons. The highest BCUT2D eigenvalue weighted by atomic mass is 32.1. The van der Waals surface area contributed by atoms with Gasteiger partial charge in [0.25, 0.3) is 0 Å². The van der Waals surface area contributed by atoms with Gasteiger partial charge >= 0.3 is 0 Å². The number of aryl methyl sites for hydroxylation is 1. The van der Waals surface area contributed by atoms with Gasteiger partial charge in [-0.25, -0.2) is 4.98 Å². The number of nitrogens with zero attached hydrogens (tertiary/aromatic N) is 1. The van der Waals surface area contributed by atoms with Crippen LogP contribution in [0, 0.1) is 6.92 Å². The second kappa shape index (κ2) is 6.52. The van der Waals surface area contributed by atoms with E-state index in [0.717, 1.165) is 36.0 Å². The van der Waals surface area contributed by atoms with Crippen LogP contribution in [0.4, 0.5) is 0 Å². The summed E-state index contributed by atoms with van der Waals surface area (Å²) in [7, 11) is 1.71. The topological polar surface area (TPSA) is 34.1 Å². The van der Waals surface area contributed by atoms with Crippen LogP contribution in [0.3, 0.4) is 0 Å². The molecule has 2 rings (SSSR count). The first-order chi connectivity index (χ1) is 8.79. The van der Waals surface area contributed by atoms with Gasteiger partial charge in [-0.05, 0) is 31.5 Å². The molecule has 0 unspecified atom stereocenters. The van der Waals surface area contributed by atoms with Crippen LogP contribution in [-0.4, -0.2) is 18.6 Å². The number of hydrogen-bond acceptors (Lipinski definition) is 4. The SMILES string of the molecule is COc1ccccc1CCNCc1csc(C)n1. The molecule has 96 valence electrons. The van der Waals surface area contributed by atoms with Crippen LogP contribution in [0.5, 0.6) is 5.75 Å². The van der Waals surface area contributed by atoms with Crippen molar-refractivity contribution in [3.05, 3.63) is 45.9 Å². The first-order valence-corrected chi connectivity index (χ1v) is 6.91. The third kappa shape index (κ3) is 3.55. The molecule has 1 heterocycles. The van der Waals surface area contributed by atoms with E-state index in [4.69, 9.17) is 4.74 Å². The van der Waals surface area contributed by atoms with E-state index in [2.05, 4.69) is 21.7 Å². The largest absolute Gasteiger partial charge is 0.496 e. The van der Waals surface area contributed by atoms with Crippen LogP contribution in [0.2, 0.25) is 0 Å². The van der Waals surface area contributed by atoms with Gasteiger partial charge in [0.1, 0.15) is 5.75 Å². The van der Waals surface area contributed by atoms with Gasteiger partial charge in [0.15, 0.2) is 0 Å². The molecule has 0 bridgehead atoms. The van der Waals surface area contributed by atoms with Crippen molar-refractivity contribution in [2.75, 3.05) is 13.7 Å². The lowest BCUT2D eigenvalue weighted by atomic mass is 10.1. The summed E-state index contributed by atoms with van der Waals surface area (Å²) in [6.45, 7) is 3.79. The fourth-order valence-electron chi connectivity index (χ4n) is 1.84. The molecule has 0 saturated carbocycles. The van der Waals surface area contributed by atoms with Gasteiger partial charge in [-0.3, -0.25) is 0 Å². The average molecular weight is 262 g/mol. The quantitative estimate of drug-likeness (QED) is 0.813. The summed E-state index contributed by atoms with van der Waals surface area (Å²) >= 11 is 1.69. The van der Waals surface area contributed by atoms with Crippen molar-refractivity contribution in [2.45, 2.75) is 19.9 Å². The Balaban J connectivity index is 1.78. The van der Waals surface area contributed by atoms with E-state index < -0.39 is 0 Å². The predicted molar refractivity (Wildman–Crippen MR) is 75.3 cm³/mol. The Morgan fingerprint density at radius 3 is 2.89 bits per heavy atom. The summed E-state index contributed by atoms with van der Waals surface area (Å²) in [6, 6.07) is 8.14. The third-order valence-electron chi connectivity index (χ3n) is 2.74. The summed E-state index contributed by atoms with van der Waals surface area (Å²) in [5.41, 5.74) is 2.36. The van der Waals surface area contributed by atoms with Crippen molar-refractivity contribution in [1.29, 1.82) is 0 Å². The maximum absolute atomic E-state index is 5.33. The minimum Gasteiger partial charge on any atom is -0.496 e. The van der Waals surface area contributed by atoms with Crippen LogP contribution in [0.1, 0.15) is 16.3 Å². The van der Waals surface area contributed by atoms with Gasteiger partial charge in [0.05, 0.1) is 17.8 Å². The zero-order chi connectivity index (χ0) is 12.8. The minimum atomic E-state index is 0.833. The number of hydrogen-bond donors (Lipinski definition) is 1. The number of benzene rings is 1. The lowest BCUT2D eigenvalue weighted by Gasteiger charge is -2.08. The Kier molecular flexibility index (Phi) is 4.73. The summed E-state index contributed by atoms with van der Waals surface area (Å²) < 4.78 is 5.33. The maximum Gasteiger partial charge on any atom is 0.122 e. The van der Waals surface area contributed by atoms with Gasteiger partial charge in [-0.1, -0.05) is 18.2 Å². The Morgan fingerprint density at radius 1 is 1.33 bits per heavy atom. The van der Waals surface area contributed by atoms with Crippen LogP contribution >= 0.6 is 11.3 Å². The maximum atomic E-state index is 5.33. The molecule has 0 saturated heterocycles. The highest BCUT2D eigenvalue weighted by Crippen LogP contribution is 2.17. The molecule has 0 aliphatic carbocycles. The van der Waals surface area contributed by atoms with E-state index in [1.807, 2.05) is 25.1 Å². The van der Waals surface area contributed by atoms with E-state index in [1.165, 1.54) is 5.56 Å². The monoisotopic (exact) mass is 262 g/mol. The Morgan fingerprint density at radius 2 is 2.17 bits per heavy atom. The number of rotatable bonds is 6. The van der Waals surface area contributed by atoms with Crippen LogP contribution < -0.4 is 10.1 Å². The first-order valence-electron chi connectivity index (χ1n) is 6.03. The molecule has 4 heteroatoms. The zero-order valence-electron chi connectivity index (χ0n) is 10.8. The van der Waals surface area contributed by atoms with E-state index in [-0.39, 0.29) is 0 Å². The Labute approximate surface area is 112 Å². The molecule has 0 atom stereocenters. The van der Waals surface area contributed by atoms with E-state index in [1.54, 1.807) is 18.4 Å². The van der Waals surface area contributed by atoms with Crippen LogP contribution in [-0.2, 0) is 13.0 Å². The van der Waals surface area contributed by atoms with Crippen LogP contribution in [0.15, 0.2) is 29.6 Å². The van der Waals surface area contributed by atoms with E-state index in [0.29, 0.717) is 0 Å². The molecule has 18 heavy (non-hydrogen) atoms. The number of ether oxygens (including phenoxy) is 1.